The van der Waals surface area contributed by atoms with Crippen molar-refractivity contribution in [3.05, 3.63) is 35.0 Å². The average molecular weight is 377 g/mol. The van der Waals surface area contributed by atoms with Gasteiger partial charge in [-0.2, -0.15) is 4.98 Å². The molecule has 1 N–H and O–H groups in total. The van der Waals surface area contributed by atoms with Gasteiger partial charge in [0, 0.05) is 10.6 Å². The molecule has 6 nitrogen and oxygen atoms in total. The van der Waals surface area contributed by atoms with Crippen LogP contribution < -0.4 is 9.47 Å². The van der Waals surface area contributed by atoms with E-state index < -0.39 is 6.16 Å². The van der Waals surface area contributed by atoms with Crippen LogP contribution in [0.3, 0.4) is 0 Å². The summed E-state index contributed by atoms with van der Waals surface area (Å²) in [6.45, 7) is 4.55. The molecule has 0 bridgehead atoms. The average Bonchev–Trinajstić information content (AvgIpc) is 3.39. The molecule has 0 radical (unpaired) electrons. The number of ether oxygens (including phenoxy) is 2. The summed E-state index contributed by atoms with van der Waals surface area (Å²) in [5.41, 5.74) is 1.30. The van der Waals surface area contributed by atoms with E-state index in [1.165, 1.54) is 0 Å². The van der Waals surface area contributed by atoms with E-state index in [0.717, 1.165) is 18.4 Å². The Kier molecular flexibility index (Phi) is 5.61. The molecule has 1 aromatic carbocycles. The van der Waals surface area contributed by atoms with Crippen molar-refractivity contribution in [3.8, 4) is 23.0 Å². The molecule has 0 amide bonds. The summed E-state index contributed by atoms with van der Waals surface area (Å²) in [7, 11) is 0. The summed E-state index contributed by atoms with van der Waals surface area (Å²) in [5.74, 6) is 1.48. The van der Waals surface area contributed by atoms with Gasteiger partial charge in [-0.1, -0.05) is 25.4 Å². The number of hydrogen-bond acceptors (Lipinski definition) is 5. The molecular weight excluding hydrogens is 356 g/mol. The van der Waals surface area contributed by atoms with Crippen LogP contribution in [0.1, 0.15) is 32.4 Å². The summed E-state index contributed by atoms with van der Waals surface area (Å²) in [4.78, 5) is 20.1. The monoisotopic (exact) mass is 376 g/mol. The highest BCUT2D eigenvalue weighted by Crippen LogP contribution is 2.35. The molecule has 0 aliphatic heterocycles. The van der Waals surface area contributed by atoms with Crippen molar-refractivity contribution in [2.24, 2.45) is 11.8 Å². The van der Waals surface area contributed by atoms with Crippen LogP contribution in [0.5, 0.6) is 11.6 Å². The number of nitrogens with zero attached hydrogens (tertiary/aromatic N) is 2. The predicted octanol–water partition coefficient (Wildman–Crippen LogP) is 4.84. The highest BCUT2D eigenvalue weighted by molar-refractivity contribution is 6.30. The van der Waals surface area contributed by atoms with Gasteiger partial charge in [-0.3, -0.25) is 0 Å². The molecule has 2 aromatic rings. The lowest BCUT2D eigenvalue weighted by atomic mass is 10.1. The quantitative estimate of drug-likeness (QED) is 0.696. The summed E-state index contributed by atoms with van der Waals surface area (Å²) in [6.07, 6.45) is 1.37. The van der Waals surface area contributed by atoms with E-state index in [1.54, 1.807) is 12.1 Å². The van der Waals surface area contributed by atoms with Crippen molar-refractivity contribution in [2.45, 2.75) is 33.1 Å². The van der Waals surface area contributed by atoms with Gasteiger partial charge in [-0.05, 0) is 55.4 Å². The van der Waals surface area contributed by atoms with Gasteiger partial charge in [0.25, 0.3) is 5.88 Å². The van der Waals surface area contributed by atoms with Gasteiger partial charge in [-0.25, -0.2) is 9.78 Å². The molecule has 0 unspecified atom stereocenters. The number of carbonyl (C=O) groups is 1. The van der Waals surface area contributed by atoms with Crippen LogP contribution in [-0.4, -0.2) is 27.8 Å². The third-order valence-electron chi connectivity index (χ3n) is 3.95. The van der Waals surface area contributed by atoms with Crippen molar-refractivity contribution in [1.82, 2.24) is 9.97 Å². The maximum atomic E-state index is 11.2. The normalized spacial score (nSPS) is 13.7. The zero-order valence-electron chi connectivity index (χ0n) is 14.7. The fourth-order valence-corrected chi connectivity index (χ4v) is 2.62. The van der Waals surface area contributed by atoms with Crippen LogP contribution in [0.25, 0.3) is 11.4 Å². The second-order valence-corrected chi connectivity index (χ2v) is 7.29. The number of rotatable bonds is 7. The van der Waals surface area contributed by atoms with E-state index in [9.17, 15) is 4.79 Å². The number of carboxylic acid groups (broad SMARTS) is 1. The minimum absolute atomic E-state index is 0.0876. The first-order valence-electron chi connectivity index (χ1n) is 8.62. The van der Waals surface area contributed by atoms with Crippen molar-refractivity contribution in [1.29, 1.82) is 0 Å². The summed E-state index contributed by atoms with van der Waals surface area (Å²) >= 11 is 5.95. The van der Waals surface area contributed by atoms with Crippen molar-refractivity contribution in [2.75, 3.05) is 6.61 Å². The first kappa shape index (κ1) is 18.5. The molecule has 0 saturated heterocycles. The van der Waals surface area contributed by atoms with Crippen LogP contribution in [0.4, 0.5) is 4.79 Å². The standard InChI is InChI=1S/C19H21ClN2O4/c1-11(2)9-15-16(26-19(23)24)18(25-10-12-3-4-12)22-17(21-15)13-5-7-14(20)8-6-13/h5-8,11-12H,3-4,9-10H2,1-2H3,(H,23,24). The van der Waals surface area contributed by atoms with E-state index in [-0.39, 0.29) is 17.5 Å². The minimum atomic E-state index is -1.41. The maximum Gasteiger partial charge on any atom is 0.511 e. The Morgan fingerprint density at radius 2 is 1.96 bits per heavy atom. The summed E-state index contributed by atoms with van der Waals surface area (Å²) in [6, 6.07) is 7.15. The van der Waals surface area contributed by atoms with Crippen LogP contribution in [0.15, 0.2) is 24.3 Å². The smallest absolute Gasteiger partial charge is 0.475 e. The number of hydrogen-bond donors (Lipinski definition) is 1. The number of aromatic nitrogens is 2. The van der Waals surface area contributed by atoms with Gasteiger partial charge in [-0.15, -0.1) is 0 Å². The lowest BCUT2D eigenvalue weighted by Crippen LogP contribution is -2.13. The molecule has 138 valence electrons. The Morgan fingerprint density at radius 1 is 1.27 bits per heavy atom. The van der Waals surface area contributed by atoms with E-state index in [0.29, 0.717) is 35.5 Å². The highest BCUT2D eigenvalue weighted by atomic mass is 35.5. The van der Waals surface area contributed by atoms with E-state index in [2.05, 4.69) is 9.97 Å². The van der Waals surface area contributed by atoms with Crippen molar-refractivity contribution < 1.29 is 19.4 Å². The molecule has 1 saturated carbocycles. The van der Waals surface area contributed by atoms with E-state index in [4.69, 9.17) is 26.2 Å². The third-order valence-corrected chi connectivity index (χ3v) is 4.20. The van der Waals surface area contributed by atoms with Gasteiger partial charge in [0.05, 0.1) is 12.3 Å². The lowest BCUT2D eigenvalue weighted by Gasteiger charge is -2.15. The molecule has 7 heteroatoms. The molecule has 1 aliphatic rings. The zero-order chi connectivity index (χ0) is 18.7. The molecule has 1 aromatic heterocycles. The summed E-state index contributed by atoms with van der Waals surface area (Å²) in [5, 5.41) is 9.73. The molecule has 1 heterocycles. The van der Waals surface area contributed by atoms with E-state index >= 15 is 0 Å². The Bertz CT molecular complexity index is 789. The third kappa shape index (κ3) is 4.85. The molecule has 1 aliphatic carbocycles. The predicted molar refractivity (Wildman–Crippen MR) is 97.9 cm³/mol. The SMILES string of the molecule is CC(C)Cc1nc(-c2ccc(Cl)cc2)nc(OCC2CC2)c1OC(=O)O. The number of benzene rings is 1. The molecule has 1 fully saturated rings. The summed E-state index contributed by atoms with van der Waals surface area (Å²) < 4.78 is 10.8. The van der Waals surface area contributed by atoms with Gasteiger partial charge < -0.3 is 14.6 Å². The van der Waals surface area contributed by atoms with Crippen LogP contribution in [0.2, 0.25) is 5.02 Å². The fraction of sp³-hybridized carbons (Fsp3) is 0.421. The van der Waals surface area contributed by atoms with Gasteiger partial charge in [0.15, 0.2) is 5.82 Å². The van der Waals surface area contributed by atoms with Crippen molar-refractivity contribution >= 4 is 17.8 Å². The Labute approximate surface area is 157 Å². The maximum absolute atomic E-state index is 11.2. The fourth-order valence-electron chi connectivity index (χ4n) is 2.50. The second-order valence-electron chi connectivity index (χ2n) is 6.86. The largest absolute Gasteiger partial charge is 0.511 e. The van der Waals surface area contributed by atoms with Crippen LogP contribution in [0, 0.1) is 11.8 Å². The number of halogens is 1. The molecule has 0 spiro atoms. The van der Waals surface area contributed by atoms with Crippen LogP contribution in [-0.2, 0) is 6.42 Å². The van der Waals surface area contributed by atoms with Gasteiger partial charge in [0.2, 0.25) is 5.75 Å². The topological polar surface area (TPSA) is 81.5 Å². The zero-order valence-corrected chi connectivity index (χ0v) is 15.5. The first-order chi connectivity index (χ1) is 12.4. The molecule has 0 atom stereocenters. The molecule has 26 heavy (non-hydrogen) atoms. The Hall–Kier alpha value is -2.34. The Morgan fingerprint density at radius 3 is 2.54 bits per heavy atom. The molecular formula is C19H21ClN2O4. The van der Waals surface area contributed by atoms with Crippen LogP contribution >= 0.6 is 11.6 Å². The minimum Gasteiger partial charge on any atom is -0.475 e. The first-order valence-corrected chi connectivity index (χ1v) is 9.00. The highest BCUT2D eigenvalue weighted by Gasteiger charge is 2.26. The van der Waals surface area contributed by atoms with Crippen molar-refractivity contribution in [3.63, 3.8) is 0 Å². The van der Waals surface area contributed by atoms with Gasteiger partial charge >= 0.3 is 6.16 Å². The molecule has 3 rings (SSSR count). The second kappa shape index (κ2) is 7.91. The lowest BCUT2D eigenvalue weighted by molar-refractivity contribution is 0.140. The van der Waals surface area contributed by atoms with E-state index in [1.807, 2.05) is 26.0 Å². The Balaban J connectivity index is 2.04. The van der Waals surface area contributed by atoms with Gasteiger partial charge in [0.1, 0.15) is 0 Å².